The Morgan fingerprint density at radius 3 is 2.79 bits per heavy atom. The van der Waals surface area contributed by atoms with Crippen molar-refractivity contribution in [2.24, 2.45) is 0 Å². The van der Waals surface area contributed by atoms with Gasteiger partial charge in [0, 0.05) is 28.8 Å². The van der Waals surface area contributed by atoms with E-state index in [4.69, 9.17) is 0 Å². The van der Waals surface area contributed by atoms with Crippen LogP contribution in [0.5, 0.6) is 0 Å². The molecular weight excluding hydrogens is 306 g/mol. The predicted molar refractivity (Wildman–Crippen MR) is 80.8 cm³/mol. The third-order valence-corrected chi connectivity index (χ3v) is 4.24. The lowest BCUT2D eigenvalue weighted by molar-refractivity contribution is 0.0481. The molecule has 19 heavy (non-hydrogen) atoms. The van der Waals surface area contributed by atoms with Crippen LogP contribution in [0.15, 0.2) is 22.7 Å². The summed E-state index contributed by atoms with van der Waals surface area (Å²) in [6.07, 6.45) is 2.50. The minimum absolute atomic E-state index is 0.0762. The highest BCUT2D eigenvalue weighted by Crippen LogP contribution is 2.29. The minimum atomic E-state index is -0.583. The van der Waals surface area contributed by atoms with Crippen molar-refractivity contribution < 1.29 is 9.90 Å². The van der Waals surface area contributed by atoms with Crippen molar-refractivity contribution >= 4 is 27.4 Å². The molecule has 1 aromatic rings. The highest BCUT2D eigenvalue weighted by Gasteiger charge is 2.26. The zero-order valence-corrected chi connectivity index (χ0v) is 13.0. The molecule has 0 amide bonds. The van der Waals surface area contributed by atoms with Crippen molar-refractivity contribution in [1.29, 1.82) is 0 Å². The van der Waals surface area contributed by atoms with E-state index in [1.165, 1.54) is 0 Å². The van der Waals surface area contributed by atoms with Crippen LogP contribution in [0.2, 0.25) is 0 Å². The fraction of sp³-hybridized carbons (Fsp3) is 0.533. The summed E-state index contributed by atoms with van der Waals surface area (Å²) in [4.78, 5) is 14.0. The van der Waals surface area contributed by atoms with Gasteiger partial charge in [-0.15, -0.1) is 0 Å². The van der Waals surface area contributed by atoms with Crippen molar-refractivity contribution in [3.05, 3.63) is 28.2 Å². The molecule has 3 nitrogen and oxygen atoms in total. The summed E-state index contributed by atoms with van der Waals surface area (Å²) in [5, 5.41) is 10.1. The summed E-state index contributed by atoms with van der Waals surface area (Å²) in [6, 6.07) is 5.83. The zero-order chi connectivity index (χ0) is 14.0. The molecule has 1 saturated heterocycles. The monoisotopic (exact) mass is 325 g/mol. The second-order valence-corrected chi connectivity index (χ2v) is 6.47. The van der Waals surface area contributed by atoms with E-state index < -0.39 is 5.60 Å². The van der Waals surface area contributed by atoms with Crippen LogP contribution < -0.4 is 4.90 Å². The number of hydrogen-bond donors (Lipinski definition) is 1. The van der Waals surface area contributed by atoms with Gasteiger partial charge in [0.25, 0.3) is 0 Å². The van der Waals surface area contributed by atoms with Gasteiger partial charge in [-0.05, 0) is 51.3 Å². The van der Waals surface area contributed by atoms with E-state index in [1.54, 1.807) is 6.92 Å². The van der Waals surface area contributed by atoms with E-state index >= 15 is 0 Å². The highest BCUT2D eigenvalue weighted by molar-refractivity contribution is 9.10. The first-order valence-corrected chi connectivity index (χ1v) is 7.46. The van der Waals surface area contributed by atoms with Crippen LogP contribution >= 0.6 is 15.9 Å². The van der Waals surface area contributed by atoms with E-state index in [9.17, 15) is 9.90 Å². The van der Waals surface area contributed by atoms with Crippen LogP contribution in [0, 0.1) is 0 Å². The standard InChI is InChI=1S/C15H20BrNO2/c1-11(18)13-10-12(16)4-5-14(13)17-8-3-6-15(2,19)7-9-17/h4-5,10,19H,3,6-9H2,1-2H3. The van der Waals surface area contributed by atoms with E-state index in [0.717, 1.165) is 48.1 Å². The first-order valence-electron chi connectivity index (χ1n) is 6.67. The molecule has 1 aliphatic rings. The van der Waals surface area contributed by atoms with Gasteiger partial charge in [-0.2, -0.15) is 0 Å². The maximum atomic E-state index is 11.8. The molecule has 0 spiro atoms. The number of nitrogens with zero attached hydrogens (tertiary/aromatic N) is 1. The SMILES string of the molecule is CC(=O)c1cc(Br)ccc1N1CCCC(C)(O)CC1. The summed E-state index contributed by atoms with van der Waals surface area (Å²) < 4.78 is 0.920. The molecule has 0 aromatic heterocycles. The molecule has 104 valence electrons. The summed E-state index contributed by atoms with van der Waals surface area (Å²) in [5.74, 6) is 0.0762. The first-order chi connectivity index (χ1) is 8.89. The summed E-state index contributed by atoms with van der Waals surface area (Å²) in [7, 11) is 0. The van der Waals surface area contributed by atoms with Crippen LogP contribution in [0.25, 0.3) is 0 Å². The number of rotatable bonds is 2. The Kier molecular flexibility index (Phi) is 4.31. The van der Waals surface area contributed by atoms with Crippen molar-refractivity contribution in [3.63, 3.8) is 0 Å². The molecule has 4 heteroatoms. The van der Waals surface area contributed by atoms with E-state index in [0.29, 0.717) is 0 Å². The van der Waals surface area contributed by atoms with Gasteiger partial charge in [0.05, 0.1) is 5.60 Å². The number of benzene rings is 1. The van der Waals surface area contributed by atoms with E-state index in [2.05, 4.69) is 20.8 Å². The minimum Gasteiger partial charge on any atom is -0.390 e. The third kappa shape index (κ3) is 3.57. The van der Waals surface area contributed by atoms with Gasteiger partial charge in [-0.3, -0.25) is 4.79 Å². The Morgan fingerprint density at radius 1 is 1.37 bits per heavy atom. The van der Waals surface area contributed by atoms with Gasteiger partial charge in [0.1, 0.15) is 0 Å². The van der Waals surface area contributed by atoms with Crippen LogP contribution in [0.4, 0.5) is 5.69 Å². The molecule has 1 heterocycles. The molecule has 0 bridgehead atoms. The number of Topliss-reactive ketones (excluding diaryl/α,β-unsaturated/α-hetero) is 1. The van der Waals surface area contributed by atoms with Crippen molar-refractivity contribution in [1.82, 2.24) is 0 Å². The summed E-state index contributed by atoms with van der Waals surface area (Å²) >= 11 is 3.41. The Hall–Kier alpha value is -0.870. The molecule has 1 unspecified atom stereocenters. The second kappa shape index (κ2) is 5.63. The fourth-order valence-electron chi connectivity index (χ4n) is 2.57. The largest absolute Gasteiger partial charge is 0.390 e. The number of aliphatic hydroxyl groups is 1. The first kappa shape index (κ1) is 14.5. The van der Waals surface area contributed by atoms with Gasteiger partial charge >= 0.3 is 0 Å². The molecule has 1 aromatic carbocycles. The molecule has 2 rings (SSSR count). The number of ketones is 1. The lowest BCUT2D eigenvalue weighted by Gasteiger charge is -2.26. The maximum Gasteiger partial charge on any atom is 0.161 e. The van der Waals surface area contributed by atoms with Gasteiger partial charge in [-0.25, -0.2) is 0 Å². The van der Waals surface area contributed by atoms with E-state index in [1.807, 2.05) is 25.1 Å². The Labute approximate surface area is 122 Å². The van der Waals surface area contributed by atoms with Gasteiger partial charge < -0.3 is 10.0 Å². The predicted octanol–water partition coefficient (Wildman–Crippen LogP) is 3.39. The fourth-order valence-corrected chi connectivity index (χ4v) is 2.93. The normalized spacial score (nSPS) is 24.1. The number of carbonyl (C=O) groups excluding carboxylic acids is 1. The Bertz CT molecular complexity index is 485. The average molecular weight is 326 g/mol. The van der Waals surface area contributed by atoms with Crippen molar-refractivity contribution in [3.8, 4) is 0 Å². The summed E-state index contributed by atoms with van der Waals surface area (Å²) in [6.45, 7) is 5.16. The van der Waals surface area contributed by atoms with Crippen LogP contribution in [-0.4, -0.2) is 29.6 Å². The van der Waals surface area contributed by atoms with Crippen molar-refractivity contribution in [2.45, 2.75) is 38.7 Å². The van der Waals surface area contributed by atoms with Crippen LogP contribution in [0.1, 0.15) is 43.5 Å². The maximum absolute atomic E-state index is 11.8. The van der Waals surface area contributed by atoms with Crippen LogP contribution in [-0.2, 0) is 0 Å². The number of halogens is 1. The zero-order valence-electron chi connectivity index (χ0n) is 11.4. The number of anilines is 1. The molecule has 1 fully saturated rings. The Balaban J connectivity index is 2.29. The topological polar surface area (TPSA) is 40.5 Å². The lowest BCUT2D eigenvalue weighted by atomic mass is 9.98. The number of hydrogen-bond acceptors (Lipinski definition) is 3. The third-order valence-electron chi connectivity index (χ3n) is 3.74. The average Bonchev–Trinajstić information content (AvgIpc) is 2.50. The van der Waals surface area contributed by atoms with Gasteiger partial charge in [0.2, 0.25) is 0 Å². The molecule has 1 atom stereocenters. The van der Waals surface area contributed by atoms with Crippen molar-refractivity contribution in [2.75, 3.05) is 18.0 Å². The molecule has 0 aliphatic carbocycles. The molecule has 0 saturated carbocycles. The van der Waals surface area contributed by atoms with Gasteiger partial charge in [-0.1, -0.05) is 15.9 Å². The second-order valence-electron chi connectivity index (χ2n) is 5.56. The molecular formula is C15H20BrNO2. The molecule has 1 aliphatic heterocycles. The van der Waals surface area contributed by atoms with Crippen LogP contribution in [0.3, 0.4) is 0 Å². The van der Waals surface area contributed by atoms with E-state index in [-0.39, 0.29) is 5.78 Å². The quantitative estimate of drug-likeness (QED) is 0.847. The smallest absolute Gasteiger partial charge is 0.161 e. The molecule has 0 radical (unpaired) electrons. The Morgan fingerprint density at radius 2 is 2.11 bits per heavy atom. The highest BCUT2D eigenvalue weighted by atomic mass is 79.9. The van der Waals surface area contributed by atoms with Gasteiger partial charge in [0.15, 0.2) is 5.78 Å². The summed E-state index contributed by atoms with van der Waals surface area (Å²) in [5.41, 5.74) is 1.14. The molecule has 1 N–H and O–H groups in total. The number of carbonyl (C=O) groups is 1. The lowest BCUT2D eigenvalue weighted by Crippen LogP contribution is -2.29.